The zero-order valence-corrected chi connectivity index (χ0v) is 12.8. The Morgan fingerprint density at radius 3 is 2.52 bits per heavy atom. The Bertz CT molecular complexity index is 644. The van der Waals surface area contributed by atoms with E-state index < -0.39 is 10.0 Å². The molecule has 0 aromatic heterocycles. The molecule has 0 amide bonds. The number of piperazine rings is 1. The molecule has 114 valence electrons. The maximum atomic E-state index is 12.6. The van der Waals surface area contributed by atoms with Crippen molar-refractivity contribution in [3.8, 4) is 18.1 Å². The summed E-state index contributed by atoms with van der Waals surface area (Å²) in [5.41, 5.74) is 6.04. The normalized spacial score (nSPS) is 17.3. The van der Waals surface area contributed by atoms with Gasteiger partial charge in [0, 0.05) is 32.2 Å². The topological polar surface area (TPSA) is 75.9 Å². The maximum absolute atomic E-state index is 12.6. The summed E-state index contributed by atoms with van der Waals surface area (Å²) in [6.07, 6.45) is 5.27. The molecule has 6 nitrogen and oxygen atoms in total. The van der Waals surface area contributed by atoms with Crippen molar-refractivity contribution in [2.24, 2.45) is 0 Å². The number of rotatable bonds is 4. The lowest BCUT2D eigenvalue weighted by Gasteiger charge is -2.33. The molecule has 1 aliphatic heterocycles. The molecule has 1 aromatic rings. The van der Waals surface area contributed by atoms with Crippen LogP contribution in [-0.2, 0) is 10.0 Å². The molecule has 21 heavy (non-hydrogen) atoms. The summed E-state index contributed by atoms with van der Waals surface area (Å²) < 4.78 is 31.7. The van der Waals surface area contributed by atoms with E-state index in [0.717, 1.165) is 0 Å². The van der Waals surface area contributed by atoms with Crippen molar-refractivity contribution < 1.29 is 13.2 Å². The molecule has 0 saturated carbocycles. The van der Waals surface area contributed by atoms with Gasteiger partial charge in [-0.25, -0.2) is 8.42 Å². The van der Waals surface area contributed by atoms with Crippen molar-refractivity contribution in [2.45, 2.75) is 4.90 Å². The van der Waals surface area contributed by atoms with Gasteiger partial charge in [0.05, 0.1) is 19.3 Å². The van der Waals surface area contributed by atoms with Crippen LogP contribution in [0.3, 0.4) is 0 Å². The van der Waals surface area contributed by atoms with Gasteiger partial charge in [0.1, 0.15) is 10.6 Å². The van der Waals surface area contributed by atoms with Crippen LogP contribution >= 0.6 is 0 Å². The van der Waals surface area contributed by atoms with Crippen molar-refractivity contribution in [2.75, 3.05) is 45.6 Å². The third-order valence-electron chi connectivity index (χ3n) is 3.48. The summed E-state index contributed by atoms with van der Waals surface area (Å²) in [5.74, 6) is 3.10. The smallest absolute Gasteiger partial charge is 0.245 e. The lowest BCUT2D eigenvalue weighted by atomic mass is 10.3. The SMILES string of the molecule is C#CCN1CCN(S(=O)(=O)c2ccc(OC)cc2N)CC1. The Labute approximate surface area is 125 Å². The van der Waals surface area contributed by atoms with Gasteiger partial charge in [-0.2, -0.15) is 4.31 Å². The van der Waals surface area contributed by atoms with Gasteiger partial charge >= 0.3 is 0 Å². The predicted octanol–water partition coefficient (Wildman–Crippen LogP) is 0.217. The Balaban J connectivity index is 2.18. The summed E-state index contributed by atoms with van der Waals surface area (Å²) in [5, 5.41) is 0. The molecular weight excluding hydrogens is 290 g/mol. The predicted molar refractivity (Wildman–Crippen MR) is 81.4 cm³/mol. The lowest BCUT2D eigenvalue weighted by Crippen LogP contribution is -2.48. The molecule has 7 heteroatoms. The van der Waals surface area contributed by atoms with E-state index in [2.05, 4.69) is 5.92 Å². The van der Waals surface area contributed by atoms with E-state index in [4.69, 9.17) is 16.9 Å². The van der Waals surface area contributed by atoms with Crippen molar-refractivity contribution in [1.29, 1.82) is 0 Å². The average Bonchev–Trinajstić information content (AvgIpc) is 2.47. The summed E-state index contributed by atoms with van der Waals surface area (Å²) >= 11 is 0. The number of nitrogen functional groups attached to an aromatic ring is 1. The van der Waals surface area contributed by atoms with Crippen molar-refractivity contribution in [1.82, 2.24) is 9.21 Å². The first-order valence-corrected chi connectivity index (χ1v) is 8.02. The first-order valence-electron chi connectivity index (χ1n) is 6.58. The number of hydrogen-bond acceptors (Lipinski definition) is 5. The second-order valence-electron chi connectivity index (χ2n) is 4.79. The minimum atomic E-state index is -3.58. The van der Waals surface area contributed by atoms with Gasteiger partial charge in [-0.3, -0.25) is 4.90 Å². The third-order valence-corrected chi connectivity index (χ3v) is 5.45. The zero-order valence-electron chi connectivity index (χ0n) is 11.9. The molecule has 2 N–H and O–H groups in total. The maximum Gasteiger partial charge on any atom is 0.245 e. The van der Waals surface area contributed by atoms with Gasteiger partial charge in [0.2, 0.25) is 10.0 Å². The molecule has 1 fully saturated rings. The first-order chi connectivity index (χ1) is 9.98. The molecule has 0 bridgehead atoms. The van der Waals surface area contributed by atoms with Crippen LogP contribution in [0.1, 0.15) is 0 Å². The van der Waals surface area contributed by atoms with E-state index in [0.29, 0.717) is 38.5 Å². The van der Waals surface area contributed by atoms with Crippen LogP contribution in [0.15, 0.2) is 23.1 Å². The summed E-state index contributed by atoms with van der Waals surface area (Å²) in [4.78, 5) is 2.16. The highest BCUT2D eigenvalue weighted by molar-refractivity contribution is 7.89. The minimum absolute atomic E-state index is 0.119. The number of nitrogens with zero attached hydrogens (tertiary/aromatic N) is 2. The fraction of sp³-hybridized carbons (Fsp3) is 0.429. The Morgan fingerprint density at radius 2 is 2.00 bits per heavy atom. The van der Waals surface area contributed by atoms with E-state index in [9.17, 15) is 8.42 Å². The molecule has 1 heterocycles. The van der Waals surface area contributed by atoms with Gasteiger partial charge in [-0.05, 0) is 12.1 Å². The third kappa shape index (κ3) is 3.29. The summed E-state index contributed by atoms with van der Waals surface area (Å²) in [6.45, 7) is 2.61. The molecule has 0 atom stereocenters. The highest BCUT2D eigenvalue weighted by Crippen LogP contribution is 2.27. The van der Waals surface area contributed by atoms with E-state index in [1.807, 2.05) is 4.90 Å². The molecule has 0 aliphatic carbocycles. The van der Waals surface area contributed by atoms with Crippen molar-refractivity contribution in [3.05, 3.63) is 18.2 Å². The van der Waals surface area contributed by atoms with Crippen LogP contribution < -0.4 is 10.5 Å². The standard InChI is InChI=1S/C14H19N3O3S/c1-3-6-16-7-9-17(10-8-16)21(18,19)14-5-4-12(20-2)11-13(14)15/h1,4-5,11H,6-10,15H2,2H3. The molecule has 2 rings (SSSR count). The Morgan fingerprint density at radius 1 is 1.33 bits per heavy atom. The number of sulfonamides is 1. The average molecular weight is 309 g/mol. The van der Waals surface area contributed by atoms with E-state index in [1.54, 1.807) is 6.07 Å². The van der Waals surface area contributed by atoms with Gasteiger partial charge in [0.25, 0.3) is 0 Å². The number of ether oxygens (including phenoxy) is 1. The number of hydrogen-bond donors (Lipinski definition) is 1. The lowest BCUT2D eigenvalue weighted by molar-refractivity contribution is 0.207. The van der Waals surface area contributed by atoms with Crippen LogP contribution in [0, 0.1) is 12.3 Å². The second-order valence-corrected chi connectivity index (χ2v) is 6.69. The van der Waals surface area contributed by atoms with Crippen molar-refractivity contribution >= 4 is 15.7 Å². The first kappa shape index (κ1) is 15.6. The second kappa shape index (κ2) is 6.35. The quantitative estimate of drug-likeness (QED) is 0.636. The number of benzene rings is 1. The minimum Gasteiger partial charge on any atom is -0.497 e. The van der Waals surface area contributed by atoms with Crippen LogP contribution in [0.4, 0.5) is 5.69 Å². The van der Waals surface area contributed by atoms with E-state index >= 15 is 0 Å². The van der Waals surface area contributed by atoms with Gasteiger partial charge in [-0.1, -0.05) is 5.92 Å². The number of terminal acetylenes is 1. The van der Waals surface area contributed by atoms with Crippen LogP contribution in [0.25, 0.3) is 0 Å². The Hall–Kier alpha value is -1.75. The molecule has 0 unspecified atom stereocenters. The van der Waals surface area contributed by atoms with Gasteiger partial charge in [0.15, 0.2) is 0 Å². The largest absolute Gasteiger partial charge is 0.497 e. The molecule has 1 saturated heterocycles. The number of anilines is 1. The highest BCUT2D eigenvalue weighted by atomic mass is 32.2. The molecule has 0 radical (unpaired) electrons. The van der Waals surface area contributed by atoms with Crippen LogP contribution in [0.5, 0.6) is 5.75 Å². The number of nitrogens with two attached hydrogens (primary N) is 1. The summed E-state index contributed by atoms with van der Waals surface area (Å²) in [7, 11) is -2.07. The Kier molecular flexibility index (Phi) is 4.73. The fourth-order valence-electron chi connectivity index (χ4n) is 2.28. The van der Waals surface area contributed by atoms with Crippen LogP contribution in [-0.4, -0.2) is 57.5 Å². The highest BCUT2D eigenvalue weighted by Gasteiger charge is 2.29. The van der Waals surface area contributed by atoms with Gasteiger partial charge < -0.3 is 10.5 Å². The molecular formula is C14H19N3O3S. The van der Waals surface area contributed by atoms with Gasteiger partial charge in [-0.15, -0.1) is 6.42 Å². The molecule has 1 aliphatic rings. The molecule has 0 spiro atoms. The molecule has 1 aromatic carbocycles. The number of methoxy groups -OCH3 is 1. The van der Waals surface area contributed by atoms with Crippen LogP contribution in [0.2, 0.25) is 0 Å². The summed E-state index contributed by atoms with van der Waals surface area (Å²) in [6, 6.07) is 4.59. The van der Waals surface area contributed by atoms with E-state index in [-0.39, 0.29) is 10.6 Å². The fourth-order valence-corrected chi connectivity index (χ4v) is 3.80. The zero-order chi connectivity index (χ0) is 15.5. The van der Waals surface area contributed by atoms with E-state index in [1.165, 1.54) is 23.5 Å². The monoisotopic (exact) mass is 309 g/mol. The van der Waals surface area contributed by atoms with Crippen molar-refractivity contribution in [3.63, 3.8) is 0 Å².